The lowest BCUT2D eigenvalue weighted by atomic mass is 10.2. The lowest BCUT2D eigenvalue weighted by Crippen LogP contribution is -2.50. The smallest absolute Gasteiger partial charge is 0.238 e. The highest BCUT2D eigenvalue weighted by Crippen LogP contribution is 2.07. The molecule has 0 unspecified atom stereocenters. The van der Waals surface area contributed by atoms with Gasteiger partial charge in [-0.2, -0.15) is 4.31 Å². The Balaban J connectivity index is 2.58. The van der Waals surface area contributed by atoms with Gasteiger partial charge in [-0.15, -0.1) is 0 Å². The molecule has 0 bridgehead atoms. The summed E-state index contributed by atoms with van der Waals surface area (Å²) in [5.74, 6) is -0.177. The van der Waals surface area contributed by atoms with Crippen LogP contribution in [0.25, 0.3) is 0 Å². The zero-order valence-corrected chi connectivity index (χ0v) is 10.7. The Morgan fingerprint density at radius 2 is 2.19 bits per heavy atom. The van der Waals surface area contributed by atoms with Crippen molar-refractivity contribution in [3.63, 3.8) is 0 Å². The number of amides is 1. The largest absolute Gasteiger partial charge is 0.377 e. The predicted octanol–water partition coefficient (Wildman–Crippen LogP) is -0.875. The highest BCUT2D eigenvalue weighted by atomic mass is 32.2. The van der Waals surface area contributed by atoms with Gasteiger partial charge in [0.1, 0.15) is 0 Å². The Bertz CT molecular complexity index is 355. The standard InChI is InChI=1S/C9H18N2O4S/c1-8-7-15-5-4-11(8)9(12)6-10(2)16(3,13)14/h8H,4-7H2,1-3H3/t8-/m0/s1. The molecule has 0 spiro atoms. The number of morpholine rings is 1. The molecule has 1 fully saturated rings. The molecule has 0 aromatic heterocycles. The summed E-state index contributed by atoms with van der Waals surface area (Å²) in [4.78, 5) is 13.5. The maximum atomic E-state index is 11.8. The highest BCUT2D eigenvalue weighted by Gasteiger charge is 2.26. The van der Waals surface area contributed by atoms with Crippen LogP contribution in [0, 0.1) is 0 Å². The van der Waals surface area contributed by atoms with E-state index in [0.717, 1.165) is 10.6 Å². The molecule has 0 saturated carbocycles. The van der Waals surface area contributed by atoms with E-state index in [1.807, 2.05) is 6.92 Å². The van der Waals surface area contributed by atoms with Crippen LogP contribution in [0.5, 0.6) is 0 Å². The van der Waals surface area contributed by atoms with Crippen molar-refractivity contribution in [3.8, 4) is 0 Å². The molecule has 16 heavy (non-hydrogen) atoms. The minimum atomic E-state index is -3.30. The second-order valence-electron chi connectivity index (χ2n) is 4.03. The van der Waals surface area contributed by atoms with Crippen LogP contribution in [0.1, 0.15) is 6.92 Å². The molecule has 0 aromatic rings. The summed E-state index contributed by atoms with van der Waals surface area (Å²) >= 11 is 0. The van der Waals surface area contributed by atoms with Crippen molar-refractivity contribution in [3.05, 3.63) is 0 Å². The third-order valence-electron chi connectivity index (χ3n) is 2.61. The van der Waals surface area contributed by atoms with Crippen LogP contribution in [-0.4, -0.2) is 69.2 Å². The summed E-state index contributed by atoms with van der Waals surface area (Å²) in [7, 11) is -1.90. The number of carbonyl (C=O) groups excluding carboxylic acids is 1. The summed E-state index contributed by atoms with van der Waals surface area (Å²) in [6.07, 6.45) is 1.09. The monoisotopic (exact) mass is 250 g/mol. The molecule has 1 aliphatic heterocycles. The normalized spacial score (nSPS) is 22.5. The van der Waals surface area contributed by atoms with Gasteiger partial charge in [0.15, 0.2) is 0 Å². The summed E-state index contributed by atoms with van der Waals surface area (Å²) in [6, 6.07) is 0.00853. The number of hydrogen-bond acceptors (Lipinski definition) is 4. The molecule has 1 amide bonds. The number of nitrogens with zero attached hydrogens (tertiary/aromatic N) is 2. The molecule has 0 N–H and O–H groups in total. The second kappa shape index (κ2) is 5.11. The maximum absolute atomic E-state index is 11.8. The Kier molecular flexibility index (Phi) is 4.28. The molecule has 1 aliphatic rings. The molecular weight excluding hydrogens is 232 g/mol. The molecule has 0 aromatic carbocycles. The topological polar surface area (TPSA) is 66.9 Å². The number of ether oxygens (including phenoxy) is 1. The maximum Gasteiger partial charge on any atom is 0.238 e. The van der Waals surface area contributed by atoms with Crippen LogP contribution in [0.2, 0.25) is 0 Å². The first-order valence-electron chi connectivity index (χ1n) is 5.11. The second-order valence-corrected chi connectivity index (χ2v) is 6.12. The van der Waals surface area contributed by atoms with Gasteiger partial charge in [-0.1, -0.05) is 0 Å². The van der Waals surface area contributed by atoms with E-state index in [-0.39, 0.29) is 18.5 Å². The molecule has 1 atom stereocenters. The van der Waals surface area contributed by atoms with Crippen LogP contribution in [0.4, 0.5) is 0 Å². The number of likely N-dealkylation sites (N-methyl/N-ethyl adjacent to an activating group) is 1. The lowest BCUT2D eigenvalue weighted by molar-refractivity contribution is -0.139. The van der Waals surface area contributed by atoms with E-state index in [9.17, 15) is 13.2 Å². The molecule has 7 heteroatoms. The number of carbonyl (C=O) groups is 1. The van der Waals surface area contributed by atoms with Crippen LogP contribution < -0.4 is 0 Å². The third kappa shape index (κ3) is 3.43. The lowest BCUT2D eigenvalue weighted by Gasteiger charge is -2.34. The van der Waals surface area contributed by atoms with Gasteiger partial charge in [0.25, 0.3) is 0 Å². The van der Waals surface area contributed by atoms with E-state index < -0.39 is 10.0 Å². The van der Waals surface area contributed by atoms with E-state index in [1.54, 1.807) is 4.90 Å². The molecular formula is C9H18N2O4S. The average molecular weight is 250 g/mol. The summed E-state index contributed by atoms with van der Waals surface area (Å²) in [5.41, 5.74) is 0. The average Bonchev–Trinajstić information content (AvgIpc) is 2.16. The van der Waals surface area contributed by atoms with Crippen molar-refractivity contribution in [1.82, 2.24) is 9.21 Å². The fraction of sp³-hybridized carbons (Fsp3) is 0.889. The fourth-order valence-electron chi connectivity index (χ4n) is 1.50. The van der Waals surface area contributed by atoms with E-state index >= 15 is 0 Å². The van der Waals surface area contributed by atoms with E-state index in [4.69, 9.17) is 4.74 Å². The summed E-state index contributed by atoms with van der Waals surface area (Å²) < 4.78 is 28.6. The Hall–Kier alpha value is -0.660. The van der Waals surface area contributed by atoms with Crippen molar-refractivity contribution in [1.29, 1.82) is 0 Å². The van der Waals surface area contributed by atoms with Gasteiger partial charge < -0.3 is 9.64 Å². The Morgan fingerprint density at radius 3 is 2.69 bits per heavy atom. The minimum absolute atomic E-state index is 0.00853. The van der Waals surface area contributed by atoms with Gasteiger partial charge in [-0.3, -0.25) is 4.79 Å². The summed E-state index contributed by atoms with van der Waals surface area (Å²) in [6.45, 7) is 3.32. The van der Waals surface area contributed by atoms with Gasteiger partial charge >= 0.3 is 0 Å². The first-order chi connectivity index (χ1) is 7.32. The van der Waals surface area contributed by atoms with Crippen molar-refractivity contribution in [2.24, 2.45) is 0 Å². The number of sulfonamides is 1. The van der Waals surface area contributed by atoms with Crippen LogP contribution in [0.15, 0.2) is 0 Å². The minimum Gasteiger partial charge on any atom is -0.377 e. The van der Waals surface area contributed by atoms with Crippen molar-refractivity contribution < 1.29 is 17.9 Å². The Labute approximate surface area is 96.2 Å². The van der Waals surface area contributed by atoms with Crippen LogP contribution >= 0.6 is 0 Å². The quantitative estimate of drug-likeness (QED) is 0.653. The van der Waals surface area contributed by atoms with E-state index in [2.05, 4.69) is 0 Å². The zero-order chi connectivity index (χ0) is 12.3. The van der Waals surface area contributed by atoms with Crippen molar-refractivity contribution in [2.45, 2.75) is 13.0 Å². The predicted molar refractivity (Wildman–Crippen MR) is 59.5 cm³/mol. The van der Waals surface area contributed by atoms with E-state index in [0.29, 0.717) is 19.8 Å². The van der Waals surface area contributed by atoms with Crippen LogP contribution in [-0.2, 0) is 19.6 Å². The number of rotatable bonds is 3. The van der Waals surface area contributed by atoms with Gasteiger partial charge in [-0.25, -0.2) is 8.42 Å². The van der Waals surface area contributed by atoms with Crippen LogP contribution in [0.3, 0.4) is 0 Å². The molecule has 1 saturated heterocycles. The molecule has 1 rings (SSSR count). The van der Waals surface area contributed by atoms with Gasteiger partial charge in [0.2, 0.25) is 15.9 Å². The molecule has 6 nitrogen and oxygen atoms in total. The molecule has 0 radical (unpaired) electrons. The number of hydrogen-bond donors (Lipinski definition) is 0. The summed E-state index contributed by atoms with van der Waals surface area (Å²) in [5, 5.41) is 0. The van der Waals surface area contributed by atoms with Gasteiger partial charge in [-0.05, 0) is 6.92 Å². The first-order valence-corrected chi connectivity index (χ1v) is 6.95. The van der Waals surface area contributed by atoms with Gasteiger partial charge in [0.05, 0.1) is 32.1 Å². The molecule has 1 heterocycles. The van der Waals surface area contributed by atoms with E-state index in [1.165, 1.54) is 7.05 Å². The van der Waals surface area contributed by atoms with Crippen molar-refractivity contribution in [2.75, 3.05) is 39.6 Å². The SMILES string of the molecule is C[C@H]1COCCN1C(=O)CN(C)S(C)(=O)=O. The highest BCUT2D eigenvalue weighted by molar-refractivity contribution is 7.88. The van der Waals surface area contributed by atoms with Crippen molar-refractivity contribution >= 4 is 15.9 Å². The third-order valence-corrected chi connectivity index (χ3v) is 3.87. The molecule has 0 aliphatic carbocycles. The Morgan fingerprint density at radius 1 is 1.56 bits per heavy atom. The van der Waals surface area contributed by atoms with Gasteiger partial charge in [0, 0.05) is 13.6 Å². The molecule has 94 valence electrons. The zero-order valence-electron chi connectivity index (χ0n) is 9.84. The first kappa shape index (κ1) is 13.4. The fourth-order valence-corrected chi connectivity index (χ4v) is 1.84.